The molecule has 1 unspecified atom stereocenters. The Hall–Kier alpha value is -3.24. The summed E-state index contributed by atoms with van der Waals surface area (Å²) in [6.45, 7) is 3.24. The third-order valence-electron chi connectivity index (χ3n) is 5.63. The summed E-state index contributed by atoms with van der Waals surface area (Å²) in [6.07, 6.45) is 4.11. The van der Waals surface area contributed by atoms with Gasteiger partial charge in [0.2, 0.25) is 0 Å². The first-order valence-corrected chi connectivity index (χ1v) is 11.4. The molecule has 1 heterocycles. The standard InChI is InChI=1S/C27H27ClN2O2/c1-2-3-16-32-20-14-12-19(13-15-20)27(31)30-18-23(21-8-4-6-10-25(21)28)24-17-29-26-11-7-5-9-22(24)26/h4-15,17,23,29H,2-3,16,18H2,1H3,(H,30,31). The van der Waals surface area contributed by atoms with Crippen molar-refractivity contribution in [1.82, 2.24) is 10.3 Å². The monoisotopic (exact) mass is 446 g/mol. The second-order valence-electron chi connectivity index (χ2n) is 7.80. The van der Waals surface area contributed by atoms with Gasteiger partial charge in [-0.15, -0.1) is 0 Å². The zero-order valence-electron chi connectivity index (χ0n) is 18.1. The highest BCUT2D eigenvalue weighted by Gasteiger charge is 2.21. The molecule has 4 aromatic rings. The minimum atomic E-state index is -0.123. The van der Waals surface area contributed by atoms with Crippen LogP contribution in [0.5, 0.6) is 5.75 Å². The maximum absolute atomic E-state index is 12.9. The molecule has 3 aromatic carbocycles. The number of fused-ring (bicyclic) bond motifs is 1. The fourth-order valence-corrected chi connectivity index (χ4v) is 4.13. The summed E-state index contributed by atoms with van der Waals surface area (Å²) in [7, 11) is 0. The van der Waals surface area contributed by atoms with Crippen LogP contribution in [0.25, 0.3) is 10.9 Å². The summed E-state index contributed by atoms with van der Waals surface area (Å²) in [5.41, 5.74) is 3.75. The van der Waals surface area contributed by atoms with Crippen LogP contribution in [0.15, 0.2) is 79.0 Å². The molecule has 4 nitrogen and oxygen atoms in total. The molecule has 0 saturated carbocycles. The van der Waals surface area contributed by atoms with Gasteiger partial charge in [0.25, 0.3) is 5.91 Å². The Morgan fingerprint density at radius 1 is 1.00 bits per heavy atom. The number of para-hydroxylation sites is 1. The van der Waals surface area contributed by atoms with E-state index >= 15 is 0 Å². The van der Waals surface area contributed by atoms with E-state index in [1.165, 1.54) is 0 Å². The molecule has 0 saturated heterocycles. The maximum Gasteiger partial charge on any atom is 0.251 e. The number of aromatic amines is 1. The van der Waals surface area contributed by atoms with Crippen molar-refractivity contribution >= 4 is 28.4 Å². The number of H-pyrrole nitrogens is 1. The fraction of sp³-hybridized carbons (Fsp3) is 0.222. The van der Waals surface area contributed by atoms with Crippen molar-refractivity contribution < 1.29 is 9.53 Å². The van der Waals surface area contributed by atoms with Crippen LogP contribution in [0.3, 0.4) is 0 Å². The lowest BCUT2D eigenvalue weighted by atomic mass is 9.90. The molecule has 1 amide bonds. The van der Waals surface area contributed by atoms with Crippen LogP contribution in [0, 0.1) is 0 Å². The lowest BCUT2D eigenvalue weighted by Gasteiger charge is -2.19. The van der Waals surface area contributed by atoms with Crippen molar-refractivity contribution in [2.75, 3.05) is 13.2 Å². The number of hydrogen-bond acceptors (Lipinski definition) is 2. The molecule has 0 radical (unpaired) electrons. The molecular formula is C27H27ClN2O2. The molecule has 0 spiro atoms. The van der Waals surface area contributed by atoms with Gasteiger partial charge in [0.15, 0.2) is 0 Å². The van der Waals surface area contributed by atoms with Crippen molar-refractivity contribution in [3.63, 3.8) is 0 Å². The molecule has 0 fully saturated rings. The number of aromatic nitrogens is 1. The van der Waals surface area contributed by atoms with Gasteiger partial charge in [0.1, 0.15) is 5.75 Å². The molecule has 5 heteroatoms. The number of carbonyl (C=O) groups excluding carboxylic acids is 1. The minimum absolute atomic E-state index is 0.0829. The van der Waals surface area contributed by atoms with E-state index in [-0.39, 0.29) is 11.8 Å². The van der Waals surface area contributed by atoms with Crippen molar-refractivity contribution in [3.05, 3.63) is 101 Å². The first-order chi connectivity index (χ1) is 15.7. The van der Waals surface area contributed by atoms with Gasteiger partial charge < -0.3 is 15.0 Å². The highest BCUT2D eigenvalue weighted by Crippen LogP contribution is 2.34. The molecule has 2 N–H and O–H groups in total. The molecule has 0 aliphatic carbocycles. The smallest absolute Gasteiger partial charge is 0.251 e. The number of benzene rings is 3. The number of hydrogen-bond donors (Lipinski definition) is 2. The number of nitrogens with one attached hydrogen (secondary N) is 2. The second-order valence-corrected chi connectivity index (χ2v) is 8.21. The number of halogens is 1. The van der Waals surface area contributed by atoms with Crippen LogP contribution in [0.2, 0.25) is 5.02 Å². The fourth-order valence-electron chi connectivity index (χ4n) is 3.86. The third-order valence-corrected chi connectivity index (χ3v) is 5.97. The summed E-state index contributed by atoms with van der Waals surface area (Å²) in [4.78, 5) is 16.2. The van der Waals surface area contributed by atoms with Crippen LogP contribution in [-0.4, -0.2) is 24.0 Å². The van der Waals surface area contributed by atoms with Crippen LogP contribution in [-0.2, 0) is 0 Å². The van der Waals surface area contributed by atoms with Gasteiger partial charge in [-0.05, 0) is 53.9 Å². The molecule has 0 aliphatic rings. The highest BCUT2D eigenvalue weighted by atomic mass is 35.5. The van der Waals surface area contributed by atoms with E-state index in [2.05, 4.69) is 23.3 Å². The summed E-state index contributed by atoms with van der Waals surface area (Å²) in [6, 6.07) is 23.2. The Labute approximate surface area is 193 Å². The Morgan fingerprint density at radius 3 is 2.53 bits per heavy atom. The summed E-state index contributed by atoms with van der Waals surface area (Å²) in [5.74, 6) is 0.574. The number of amides is 1. The van der Waals surface area contributed by atoms with E-state index in [1.54, 1.807) is 12.1 Å². The quantitative estimate of drug-likeness (QED) is 0.286. The van der Waals surface area contributed by atoms with E-state index in [4.69, 9.17) is 16.3 Å². The second kappa shape index (κ2) is 10.4. The van der Waals surface area contributed by atoms with E-state index < -0.39 is 0 Å². The van der Waals surface area contributed by atoms with Gasteiger partial charge in [0, 0.05) is 40.1 Å². The van der Waals surface area contributed by atoms with Gasteiger partial charge in [-0.3, -0.25) is 4.79 Å². The topological polar surface area (TPSA) is 54.1 Å². The number of carbonyl (C=O) groups is 1. The lowest BCUT2D eigenvalue weighted by Crippen LogP contribution is -2.29. The van der Waals surface area contributed by atoms with Crippen LogP contribution in [0.4, 0.5) is 0 Å². The third kappa shape index (κ3) is 4.97. The summed E-state index contributed by atoms with van der Waals surface area (Å²) < 4.78 is 5.69. The SMILES string of the molecule is CCCCOc1ccc(C(=O)NCC(c2ccccc2Cl)c2c[nH]c3ccccc23)cc1. The molecule has 164 valence electrons. The van der Waals surface area contributed by atoms with Gasteiger partial charge in [-0.1, -0.05) is 61.3 Å². The predicted molar refractivity (Wildman–Crippen MR) is 131 cm³/mol. The molecule has 0 aliphatic heterocycles. The Morgan fingerprint density at radius 2 is 1.75 bits per heavy atom. The van der Waals surface area contributed by atoms with Crippen LogP contribution < -0.4 is 10.1 Å². The van der Waals surface area contributed by atoms with Crippen molar-refractivity contribution in [1.29, 1.82) is 0 Å². The predicted octanol–water partition coefficient (Wildman–Crippen LogP) is 6.56. The molecule has 1 atom stereocenters. The first kappa shape index (κ1) is 22.0. The molecule has 0 bridgehead atoms. The molecule has 4 rings (SSSR count). The summed E-state index contributed by atoms with van der Waals surface area (Å²) >= 11 is 6.55. The normalized spacial score (nSPS) is 11.9. The van der Waals surface area contributed by atoms with E-state index in [1.807, 2.05) is 60.8 Å². The largest absolute Gasteiger partial charge is 0.494 e. The Balaban J connectivity index is 1.53. The maximum atomic E-state index is 12.9. The van der Waals surface area contributed by atoms with Gasteiger partial charge in [-0.2, -0.15) is 0 Å². The number of ether oxygens (including phenoxy) is 1. The first-order valence-electron chi connectivity index (χ1n) is 11.0. The highest BCUT2D eigenvalue weighted by molar-refractivity contribution is 6.31. The lowest BCUT2D eigenvalue weighted by molar-refractivity contribution is 0.0952. The Kier molecular flexibility index (Phi) is 7.13. The summed E-state index contributed by atoms with van der Waals surface area (Å²) in [5, 5.41) is 4.91. The van der Waals surface area contributed by atoms with Gasteiger partial charge >= 0.3 is 0 Å². The average molecular weight is 447 g/mol. The van der Waals surface area contributed by atoms with Crippen LogP contribution >= 0.6 is 11.6 Å². The molecular weight excluding hydrogens is 420 g/mol. The molecule has 32 heavy (non-hydrogen) atoms. The number of rotatable bonds is 9. The van der Waals surface area contributed by atoms with Gasteiger partial charge in [-0.25, -0.2) is 0 Å². The van der Waals surface area contributed by atoms with E-state index in [0.29, 0.717) is 23.7 Å². The average Bonchev–Trinajstić information content (AvgIpc) is 3.25. The zero-order chi connectivity index (χ0) is 22.3. The minimum Gasteiger partial charge on any atom is -0.494 e. The van der Waals surface area contributed by atoms with E-state index in [0.717, 1.165) is 40.6 Å². The Bertz CT molecular complexity index is 1180. The van der Waals surface area contributed by atoms with Crippen LogP contribution in [0.1, 0.15) is 47.2 Å². The van der Waals surface area contributed by atoms with Crippen molar-refractivity contribution in [2.45, 2.75) is 25.7 Å². The zero-order valence-corrected chi connectivity index (χ0v) is 18.9. The van der Waals surface area contributed by atoms with E-state index in [9.17, 15) is 4.79 Å². The van der Waals surface area contributed by atoms with Gasteiger partial charge in [0.05, 0.1) is 6.61 Å². The van der Waals surface area contributed by atoms with Crippen molar-refractivity contribution in [3.8, 4) is 5.75 Å². The molecule has 1 aromatic heterocycles. The number of unbranched alkanes of at least 4 members (excludes halogenated alkanes) is 1. The van der Waals surface area contributed by atoms with Crippen molar-refractivity contribution in [2.24, 2.45) is 0 Å².